The molecule has 2 aromatic rings. The van der Waals surface area contributed by atoms with E-state index in [2.05, 4.69) is 5.32 Å². The number of hydrogen-bond donors (Lipinski definition) is 4. The number of carbonyl (C=O) groups excluding carboxylic acids is 6. The number of aliphatic hydroxyl groups is 3. The Morgan fingerprint density at radius 3 is 2.08 bits per heavy atom. The van der Waals surface area contributed by atoms with Gasteiger partial charge in [-0.25, -0.2) is 9.59 Å². The van der Waals surface area contributed by atoms with Crippen LogP contribution in [-0.2, 0) is 47.7 Å². The molecule has 6 rings (SSSR count). The molecule has 11 atom stereocenters. The van der Waals surface area contributed by atoms with Crippen LogP contribution >= 0.6 is 0 Å². The molecule has 2 aromatic carbocycles. The van der Waals surface area contributed by atoms with Crippen molar-refractivity contribution in [2.45, 2.75) is 122 Å². The second-order valence-corrected chi connectivity index (χ2v) is 17.0. The minimum absolute atomic E-state index is 0.00140. The number of Topliss-reactive ketones (excluding diaryl/α,β-unsaturated/α-hetero) is 1. The van der Waals surface area contributed by atoms with Gasteiger partial charge in [-0.2, -0.15) is 0 Å². The van der Waals surface area contributed by atoms with Crippen LogP contribution in [0.2, 0.25) is 0 Å². The fourth-order valence-corrected chi connectivity index (χ4v) is 9.75. The number of amides is 1. The lowest BCUT2D eigenvalue weighted by atomic mass is 9.44. The molecule has 3 fully saturated rings. The lowest BCUT2D eigenvalue weighted by molar-refractivity contribution is -0.346. The van der Waals surface area contributed by atoms with Crippen molar-refractivity contribution in [1.82, 2.24) is 5.32 Å². The van der Waals surface area contributed by atoms with Gasteiger partial charge in [-0.1, -0.05) is 68.5 Å². The van der Waals surface area contributed by atoms with Crippen molar-refractivity contribution in [2.24, 2.45) is 16.7 Å². The van der Waals surface area contributed by atoms with Gasteiger partial charge in [0.1, 0.15) is 23.9 Å². The molecule has 4 aliphatic rings. The monoisotopic (exact) mass is 831 g/mol. The summed E-state index contributed by atoms with van der Waals surface area (Å²) in [6.45, 7) is 11.2. The van der Waals surface area contributed by atoms with E-state index < -0.39 is 113 Å². The third-order valence-electron chi connectivity index (χ3n) is 13.2. The maximum Gasteiger partial charge on any atom is 0.338 e. The van der Waals surface area contributed by atoms with Gasteiger partial charge in [-0.15, -0.1) is 0 Å². The Morgan fingerprint density at radius 2 is 1.53 bits per heavy atom. The molecule has 322 valence electrons. The number of benzene rings is 2. The van der Waals surface area contributed by atoms with Crippen LogP contribution in [0.15, 0.2) is 83.5 Å². The van der Waals surface area contributed by atoms with Crippen molar-refractivity contribution in [3.05, 3.63) is 94.6 Å². The molecule has 4 N–H and O–H groups in total. The van der Waals surface area contributed by atoms with Crippen molar-refractivity contribution < 1.29 is 67.8 Å². The highest BCUT2D eigenvalue weighted by atomic mass is 16.6. The third-order valence-corrected chi connectivity index (χ3v) is 13.2. The van der Waals surface area contributed by atoms with Crippen LogP contribution in [-0.4, -0.2) is 105 Å². The molecule has 3 aliphatic carbocycles. The summed E-state index contributed by atoms with van der Waals surface area (Å²) in [7, 11) is 0. The van der Waals surface area contributed by atoms with E-state index in [0.717, 1.165) is 13.8 Å². The molecule has 0 radical (unpaired) electrons. The Bertz CT molecular complexity index is 2110. The van der Waals surface area contributed by atoms with E-state index in [-0.39, 0.29) is 29.7 Å². The predicted octanol–water partition coefficient (Wildman–Crippen LogP) is 3.39. The zero-order valence-corrected chi connectivity index (χ0v) is 34.9. The average Bonchev–Trinajstić information content (AvgIpc) is 3.20. The number of rotatable bonds is 10. The Hall–Kier alpha value is -5.22. The Kier molecular flexibility index (Phi) is 12.1. The first-order valence-electron chi connectivity index (χ1n) is 19.9. The van der Waals surface area contributed by atoms with Crippen molar-refractivity contribution in [2.75, 3.05) is 6.61 Å². The van der Waals surface area contributed by atoms with Crippen molar-refractivity contribution in [3.63, 3.8) is 0 Å². The molecule has 15 nitrogen and oxygen atoms in total. The van der Waals surface area contributed by atoms with Gasteiger partial charge in [-0.3, -0.25) is 19.2 Å². The first-order chi connectivity index (χ1) is 28.1. The predicted molar refractivity (Wildman–Crippen MR) is 211 cm³/mol. The summed E-state index contributed by atoms with van der Waals surface area (Å²) in [6, 6.07) is 14.8. The molecule has 2 bridgehead atoms. The maximum absolute atomic E-state index is 15.4. The molecule has 4 unspecified atom stereocenters. The minimum atomic E-state index is -2.38. The van der Waals surface area contributed by atoms with Crippen molar-refractivity contribution >= 4 is 35.6 Å². The van der Waals surface area contributed by atoms with Gasteiger partial charge >= 0.3 is 23.9 Å². The number of fused-ring (bicyclic) bond motifs is 5. The molecule has 1 heterocycles. The van der Waals surface area contributed by atoms with Gasteiger partial charge in [-0.05, 0) is 56.5 Å². The van der Waals surface area contributed by atoms with Gasteiger partial charge in [0.15, 0.2) is 23.6 Å². The van der Waals surface area contributed by atoms with E-state index in [1.165, 1.54) is 26.0 Å². The largest absolute Gasteiger partial charge is 0.456 e. The van der Waals surface area contributed by atoms with E-state index >= 15 is 4.79 Å². The zero-order valence-electron chi connectivity index (χ0n) is 34.9. The van der Waals surface area contributed by atoms with E-state index in [9.17, 15) is 39.3 Å². The van der Waals surface area contributed by atoms with Gasteiger partial charge in [0.25, 0.3) is 0 Å². The SMILES string of the molecule is C/C=C(\C)C(=O)NC(c1ccccc1)C(O)C(=O)O[C@H]1C[C@@]2(O)[C@@H](OC(=O)c3ccccc3)C3[C@]4(OC(C)=O)COC4C[C@H](O)[C@@]3(C)C(=O)[C@H](OC(C)=O)C(=C1C)C2(C)C. The molecule has 60 heavy (non-hydrogen) atoms. The van der Waals surface area contributed by atoms with E-state index in [1.54, 1.807) is 82.3 Å². The number of hydrogen-bond acceptors (Lipinski definition) is 14. The van der Waals surface area contributed by atoms with Gasteiger partial charge < -0.3 is 44.3 Å². The molecule has 0 aromatic heterocycles. The molecular formula is C45H53NO14. The average molecular weight is 832 g/mol. The topological polar surface area (TPSA) is 221 Å². The Labute approximate surface area is 348 Å². The Balaban J connectivity index is 1.56. The highest BCUT2D eigenvalue weighted by molar-refractivity contribution is 5.96. The van der Waals surface area contributed by atoms with Crippen molar-refractivity contribution in [1.29, 1.82) is 0 Å². The van der Waals surface area contributed by atoms with Crippen LogP contribution < -0.4 is 5.32 Å². The molecule has 15 heteroatoms. The van der Waals surface area contributed by atoms with Gasteiger partial charge in [0, 0.05) is 37.7 Å². The zero-order chi connectivity index (χ0) is 44.1. The maximum atomic E-state index is 15.4. The smallest absolute Gasteiger partial charge is 0.338 e. The van der Waals surface area contributed by atoms with E-state index in [1.807, 2.05) is 0 Å². The summed E-state index contributed by atoms with van der Waals surface area (Å²) in [5.41, 5.74) is -6.91. The summed E-state index contributed by atoms with van der Waals surface area (Å²) >= 11 is 0. The second kappa shape index (κ2) is 16.3. The van der Waals surface area contributed by atoms with E-state index in [0.29, 0.717) is 11.1 Å². The van der Waals surface area contributed by atoms with Gasteiger partial charge in [0.2, 0.25) is 5.91 Å². The fourth-order valence-electron chi connectivity index (χ4n) is 9.75. The summed E-state index contributed by atoms with van der Waals surface area (Å²) in [5, 5.41) is 40.0. The molecule has 0 spiro atoms. The highest BCUT2D eigenvalue weighted by Crippen LogP contribution is 2.64. The third kappa shape index (κ3) is 7.24. The van der Waals surface area contributed by atoms with Gasteiger partial charge in [0.05, 0.1) is 35.6 Å². The van der Waals surface area contributed by atoms with Crippen LogP contribution in [0.3, 0.4) is 0 Å². The van der Waals surface area contributed by atoms with Crippen LogP contribution in [0.5, 0.6) is 0 Å². The lowest BCUT2D eigenvalue weighted by Gasteiger charge is -2.67. The molecule has 2 saturated carbocycles. The molecule has 1 saturated heterocycles. The summed E-state index contributed by atoms with van der Waals surface area (Å²) in [4.78, 5) is 82.9. The fraction of sp³-hybridized carbons (Fsp3) is 0.511. The van der Waals surface area contributed by atoms with Crippen LogP contribution in [0.25, 0.3) is 0 Å². The van der Waals surface area contributed by atoms with Crippen molar-refractivity contribution in [3.8, 4) is 0 Å². The van der Waals surface area contributed by atoms with Crippen LogP contribution in [0.4, 0.5) is 0 Å². The number of allylic oxidation sites excluding steroid dienone is 1. The Morgan fingerprint density at radius 1 is 0.917 bits per heavy atom. The molecular weight excluding hydrogens is 778 g/mol. The lowest BCUT2D eigenvalue weighted by Crippen LogP contribution is -2.82. The first kappa shape index (κ1) is 44.3. The number of nitrogens with one attached hydrogen (secondary N) is 1. The number of ketones is 1. The number of esters is 4. The number of ether oxygens (including phenoxy) is 5. The summed E-state index contributed by atoms with van der Waals surface area (Å²) in [5.74, 6) is -6.78. The molecule has 1 amide bonds. The minimum Gasteiger partial charge on any atom is -0.456 e. The standard InChI is InChI=1S/C45H53NO14/c1-9-23(2)39(52)46-33(27-16-12-10-13-17-27)34(50)41(54)58-29-21-45(55)38(59-40(53)28-18-14-11-15-19-28)36-43(8,30(49)20-31-44(36,22-56-31)60-26(5)48)37(51)35(57-25(4)47)32(24(29)3)42(45,6)7/h9-19,29-31,33-36,38,49-50,55H,20-22H2,1-8H3,(H,46,52)/b23-9+/t29-,30-,31?,33?,34?,35+,36?,38-,43+,44-,45+/m0/s1. The summed E-state index contributed by atoms with van der Waals surface area (Å²) in [6.07, 6.45) is -8.88. The summed E-state index contributed by atoms with van der Waals surface area (Å²) < 4.78 is 30.2. The highest BCUT2D eigenvalue weighted by Gasteiger charge is 2.78. The normalized spacial score (nSPS) is 32.9. The van der Waals surface area contributed by atoms with E-state index in [4.69, 9.17) is 23.7 Å². The van der Waals surface area contributed by atoms with Crippen LogP contribution in [0, 0.1) is 16.7 Å². The second-order valence-electron chi connectivity index (χ2n) is 17.0. The quantitative estimate of drug-likeness (QED) is 0.117. The molecule has 1 aliphatic heterocycles. The number of aliphatic hydroxyl groups excluding tert-OH is 2. The van der Waals surface area contributed by atoms with Crippen LogP contribution in [0.1, 0.15) is 90.2 Å². The first-order valence-corrected chi connectivity index (χ1v) is 19.9. The number of carbonyl (C=O) groups is 6.